The van der Waals surface area contributed by atoms with E-state index >= 15 is 0 Å². The molecule has 0 amide bonds. The molecule has 3 heteroatoms. The molecule has 3 rings (SSSR count). The highest BCUT2D eigenvalue weighted by molar-refractivity contribution is 5.34. The van der Waals surface area contributed by atoms with Crippen molar-refractivity contribution in [1.29, 1.82) is 0 Å². The van der Waals surface area contributed by atoms with E-state index < -0.39 is 0 Å². The van der Waals surface area contributed by atoms with Gasteiger partial charge in [-0.3, -0.25) is 4.90 Å². The Kier molecular flexibility index (Phi) is 5.31. The summed E-state index contributed by atoms with van der Waals surface area (Å²) in [7, 11) is 3.99. The summed E-state index contributed by atoms with van der Waals surface area (Å²) in [6, 6.07) is 19.7. The number of nitrogens with zero attached hydrogens (tertiary/aromatic N) is 2. The molecular weight excluding hydrogens is 284 g/mol. The van der Waals surface area contributed by atoms with Gasteiger partial charge in [0, 0.05) is 32.2 Å². The third-order valence-corrected chi connectivity index (χ3v) is 4.76. The Morgan fingerprint density at radius 3 is 2.52 bits per heavy atom. The van der Waals surface area contributed by atoms with Crippen LogP contribution in [0.4, 0.5) is 0 Å². The Balaban J connectivity index is 1.66. The van der Waals surface area contributed by atoms with E-state index in [1.807, 2.05) is 6.07 Å². The van der Waals surface area contributed by atoms with Crippen LogP contribution in [-0.2, 0) is 13.0 Å². The SMILES string of the molecule is COc1ccccc1CC1CN(Cc2ccccc2)CCN1C. The van der Waals surface area contributed by atoms with Crippen LogP contribution in [0.5, 0.6) is 5.75 Å². The molecule has 0 radical (unpaired) electrons. The van der Waals surface area contributed by atoms with Gasteiger partial charge < -0.3 is 9.64 Å². The fourth-order valence-corrected chi connectivity index (χ4v) is 3.34. The summed E-state index contributed by atoms with van der Waals surface area (Å²) in [4.78, 5) is 5.04. The molecule has 1 unspecified atom stereocenters. The molecule has 1 heterocycles. The maximum absolute atomic E-state index is 5.51. The molecule has 0 spiro atoms. The highest BCUT2D eigenvalue weighted by atomic mass is 16.5. The van der Waals surface area contributed by atoms with Gasteiger partial charge >= 0.3 is 0 Å². The van der Waals surface area contributed by atoms with Crippen molar-refractivity contribution in [2.45, 2.75) is 19.0 Å². The van der Waals surface area contributed by atoms with Crippen LogP contribution in [0.3, 0.4) is 0 Å². The van der Waals surface area contributed by atoms with Gasteiger partial charge in [-0.15, -0.1) is 0 Å². The van der Waals surface area contributed by atoms with E-state index in [1.165, 1.54) is 11.1 Å². The minimum atomic E-state index is 0.531. The molecule has 122 valence electrons. The van der Waals surface area contributed by atoms with Gasteiger partial charge in [0.15, 0.2) is 0 Å². The number of rotatable bonds is 5. The van der Waals surface area contributed by atoms with Gasteiger partial charge in [-0.05, 0) is 30.7 Å². The molecule has 2 aromatic rings. The van der Waals surface area contributed by atoms with Crippen LogP contribution in [0.15, 0.2) is 54.6 Å². The average Bonchev–Trinajstić information content (AvgIpc) is 2.59. The van der Waals surface area contributed by atoms with Gasteiger partial charge in [0.2, 0.25) is 0 Å². The van der Waals surface area contributed by atoms with E-state index in [-0.39, 0.29) is 0 Å². The largest absolute Gasteiger partial charge is 0.496 e. The first-order valence-electron chi connectivity index (χ1n) is 8.34. The number of hydrogen-bond donors (Lipinski definition) is 0. The van der Waals surface area contributed by atoms with Crippen molar-refractivity contribution >= 4 is 0 Å². The second-order valence-electron chi connectivity index (χ2n) is 6.37. The van der Waals surface area contributed by atoms with Gasteiger partial charge in [-0.25, -0.2) is 0 Å². The van der Waals surface area contributed by atoms with Gasteiger partial charge in [0.05, 0.1) is 7.11 Å². The van der Waals surface area contributed by atoms with Crippen molar-refractivity contribution in [3.63, 3.8) is 0 Å². The Morgan fingerprint density at radius 2 is 1.74 bits per heavy atom. The molecule has 0 N–H and O–H groups in total. The highest BCUT2D eigenvalue weighted by Gasteiger charge is 2.25. The number of benzene rings is 2. The summed E-state index contributed by atoms with van der Waals surface area (Å²) in [6.07, 6.45) is 1.03. The topological polar surface area (TPSA) is 15.7 Å². The second kappa shape index (κ2) is 7.62. The first-order valence-corrected chi connectivity index (χ1v) is 8.34. The average molecular weight is 310 g/mol. The summed E-state index contributed by atoms with van der Waals surface area (Å²) in [5, 5.41) is 0. The van der Waals surface area contributed by atoms with Crippen LogP contribution < -0.4 is 4.74 Å². The summed E-state index contributed by atoms with van der Waals surface area (Å²) in [5.74, 6) is 1.00. The number of methoxy groups -OCH3 is 1. The van der Waals surface area contributed by atoms with Crippen LogP contribution in [0.25, 0.3) is 0 Å². The number of para-hydroxylation sites is 1. The van der Waals surface area contributed by atoms with Gasteiger partial charge in [0.25, 0.3) is 0 Å². The van der Waals surface area contributed by atoms with Crippen LogP contribution in [0.2, 0.25) is 0 Å². The predicted molar refractivity (Wildman–Crippen MR) is 94.8 cm³/mol. The zero-order valence-electron chi connectivity index (χ0n) is 14.1. The number of ether oxygens (including phenoxy) is 1. The lowest BCUT2D eigenvalue weighted by molar-refractivity contribution is 0.0901. The van der Waals surface area contributed by atoms with Gasteiger partial charge in [-0.2, -0.15) is 0 Å². The molecule has 0 aliphatic carbocycles. The summed E-state index contributed by atoms with van der Waals surface area (Å²) < 4.78 is 5.51. The van der Waals surface area contributed by atoms with Crippen molar-refractivity contribution in [2.75, 3.05) is 33.8 Å². The Morgan fingerprint density at radius 1 is 1.00 bits per heavy atom. The smallest absolute Gasteiger partial charge is 0.122 e. The predicted octanol–water partition coefficient (Wildman–Crippen LogP) is 3.05. The highest BCUT2D eigenvalue weighted by Crippen LogP contribution is 2.22. The first-order chi connectivity index (χ1) is 11.3. The Hall–Kier alpha value is -1.84. The minimum absolute atomic E-state index is 0.531. The van der Waals surface area contributed by atoms with Crippen LogP contribution in [-0.4, -0.2) is 49.6 Å². The van der Waals surface area contributed by atoms with Crippen molar-refractivity contribution < 1.29 is 4.74 Å². The normalized spacial score (nSPS) is 19.7. The standard InChI is InChI=1S/C20H26N2O/c1-21-12-13-22(15-17-8-4-3-5-9-17)16-19(21)14-18-10-6-7-11-20(18)23-2/h3-11,19H,12-16H2,1-2H3. The van der Waals surface area contributed by atoms with Gasteiger partial charge in [-0.1, -0.05) is 48.5 Å². The fourth-order valence-electron chi connectivity index (χ4n) is 3.34. The second-order valence-corrected chi connectivity index (χ2v) is 6.37. The lowest BCUT2D eigenvalue weighted by Crippen LogP contribution is -2.51. The summed E-state index contributed by atoms with van der Waals surface area (Å²) in [6.45, 7) is 4.39. The maximum Gasteiger partial charge on any atom is 0.122 e. The molecule has 1 fully saturated rings. The van der Waals surface area contributed by atoms with Crippen molar-refractivity contribution in [2.24, 2.45) is 0 Å². The molecule has 1 aliphatic heterocycles. The van der Waals surface area contributed by atoms with E-state index in [2.05, 4.69) is 65.4 Å². The molecule has 3 nitrogen and oxygen atoms in total. The maximum atomic E-state index is 5.51. The van der Waals surface area contributed by atoms with E-state index in [0.717, 1.165) is 38.3 Å². The van der Waals surface area contributed by atoms with Crippen LogP contribution in [0.1, 0.15) is 11.1 Å². The lowest BCUT2D eigenvalue weighted by Gasteiger charge is -2.39. The van der Waals surface area contributed by atoms with Crippen LogP contribution >= 0.6 is 0 Å². The summed E-state index contributed by atoms with van der Waals surface area (Å²) >= 11 is 0. The third kappa shape index (κ3) is 4.12. The van der Waals surface area contributed by atoms with Crippen molar-refractivity contribution in [3.05, 3.63) is 65.7 Å². The molecule has 0 aromatic heterocycles. The molecule has 1 saturated heterocycles. The molecule has 0 bridgehead atoms. The third-order valence-electron chi connectivity index (χ3n) is 4.76. The van der Waals surface area contributed by atoms with E-state index in [0.29, 0.717) is 6.04 Å². The Labute approximate surface area is 139 Å². The first kappa shape index (κ1) is 16.0. The minimum Gasteiger partial charge on any atom is -0.496 e. The Bertz CT molecular complexity index is 614. The number of piperazine rings is 1. The van der Waals surface area contributed by atoms with E-state index in [9.17, 15) is 0 Å². The number of hydrogen-bond acceptors (Lipinski definition) is 3. The lowest BCUT2D eigenvalue weighted by atomic mass is 10.0. The summed E-state index contributed by atoms with van der Waals surface area (Å²) in [5.41, 5.74) is 2.70. The molecule has 1 atom stereocenters. The number of likely N-dealkylation sites (N-methyl/N-ethyl adjacent to an activating group) is 1. The zero-order chi connectivity index (χ0) is 16.1. The molecular formula is C20H26N2O. The van der Waals surface area contributed by atoms with E-state index in [4.69, 9.17) is 4.74 Å². The van der Waals surface area contributed by atoms with Gasteiger partial charge in [0.1, 0.15) is 5.75 Å². The quantitative estimate of drug-likeness (QED) is 0.844. The molecule has 1 aliphatic rings. The molecule has 23 heavy (non-hydrogen) atoms. The van der Waals surface area contributed by atoms with Crippen molar-refractivity contribution in [3.8, 4) is 5.75 Å². The fraction of sp³-hybridized carbons (Fsp3) is 0.400. The molecule has 0 saturated carbocycles. The monoisotopic (exact) mass is 310 g/mol. The van der Waals surface area contributed by atoms with Crippen molar-refractivity contribution in [1.82, 2.24) is 9.80 Å². The van der Waals surface area contributed by atoms with Crippen LogP contribution in [0, 0.1) is 0 Å². The van der Waals surface area contributed by atoms with E-state index in [1.54, 1.807) is 7.11 Å². The molecule has 2 aromatic carbocycles. The zero-order valence-corrected chi connectivity index (χ0v) is 14.1.